The first-order chi connectivity index (χ1) is 9.49. The van der Waals surface area contributed by atoms with Gasteiger partial charge in [-0.2, -0.15) is 0 Å². The lowest BCUT2D eigenvalue weighted by molar-refractivity contribution is 0.125. The maximum absolute atomic E-state index is 6.77. The van der Waals surface area contributed by atoms with Crippen molar-refractivity contribution in [3.8, 4) is 0 Å². The fourth-order valence-electron chi connectivity index (χ4n) is 2.96. The fraction of sp³-hybridized carbons (Fsp3) is 0.529. The van der Waals surface area contributed by atoms with Crippen LogP contribution in [0.1, 0.15) is 18.9 Å². The minimum atomic E-state index is -0.330. The Morgan fingerprint density at radius 2 is 1.80 bits per heavy atom. The Balaban J connectivity index is 2.13. The fourth-order valence-corrected chi connectivity index (χ4v) is 2.96. The van der Waals surface area contributed by atoms with Crippen LogP contribution in [0, 0.1) is 0 Å². The summed E-state index contributed by atoms with van der Waals surface area (Å²) < 4.78 is 0. The highest BCUT2D eigenvalue weighted by Gasteiger charge is 2.30. The molecule has 20 heavy (non-hydrogen) atoms. The van der Waals surface area contributed by atoms with Gasteiger partial charge in [-0.05, 0) is 26.0 Å². The van der Waals surface area contributed by atoms with Crippen LogP contribution in [-0.4, -0.2) is 49.6 Å². The molecule has 0 aliphatic carbocycles. The lowest BCUT2D eigenvalue weighted by atomic mass is 9.84. The molecule has 0 amide bonds. The van der Waals surface area contributed by atoms with E-state index < -0.39 is 0 Å². The summed E-state index contributed by atoms with van der Waals surface area (Å²) in [5.41, 5.74) is 8.79. The molecular weight excluding hydrogens is 246 g/mol. The maximum atomic E-state index is 6.77. The van der Waals surface area contributed by atoms with Crippen LogP contribution in [0.2, 0.25) is 0 Å². The van der Waals surface area contributed by atoms with E-state index in [0.29, 0.717) is 0 Å². The van der Waals surface area contributed by atoms with Crippen molar-refractivity contribution in [3.63, 3.8) is 0 Å². The number of benzene rings is 1. The number of nitrogens with zero attached hydrogens (tertiary/aromatic N) is 2. The molecule has 1 aliphatic heterocycles. The van der Waals surface area contributed by atoms with Crippen LogP contribution in [0.4, 0.5) is 0 Å². The van der Waals surface area contributed by atoms with Crippen LogP contribution >= 0.6 is 0 Å². The minimum Gasteiger partial charge on any atom is -0.320 e. The van der Waals surface area contributed by atoms with Crippen LogP contribution in [0.3, 0.4) is 0 Å². The third kappa shape index (κ3) is 3.92. The van der Waals surface area contributed by atoms with Gasteiger partial charge >= 0.3 is 0 Å². The first-order valence-corrected chi connectivity index (χ1v) is 7.39. The second kappa shape index (κ2) is 6.53. The minimum absolute atomic E-state index is 0.330. The van der Waals surface area contributed by atoms with Crippen molar-refractivity contribution in [2.24, 2.45) is 5.73 Å². The molecule has 2 rings (SSSR count). The molecule has 1 atom stereocenters. The van der Waals surface area contributed by atoms with Gasteiger partial charge < -0.3 is 10.6 Å². The summed E-state index contributed by atoms with van der Waals surface area (Å²) in [6.45, 7) is 11.5. The summed E-state index contributed by atoms with van der Waals surface area (Å²) in [6, 6.07) is 10.5. The molecule has 2 N–H and O–H groups in total. The van der Waals surface area contributed by atoms with Gasteiger partial charge in [-0.25, -0.2) is 0 Å². The molecular formula is C17H27N3. The molecule has 110 valence electrons. The SMILES string of the molecule is C=C(C)CC(N)(CN1CCN(C)CC1)c1ccccc1. The summed E-state index contributed by atoms with van der Waals surface area (Å²) in [5, 5.41) is 0. The summed E-state index contributed by atoms with van der Waals surface area (Å²) in [6.07, 6.45) is 0.837. The van der Waals surface area contributed by atoms with E-state index in [4.69, 9.17) is 5.73 Å². The molecule has 1 aromatic carbocycles. The van der Waals surface area contributed by atoms with E-state index in [0.717, 1.165) is 44.7 Å². The molecule has 1 unspecified atom stereocenters. The molecule has 1 heterocycles. The summed E-state index contributed by atoms with van der Waals surface area (Å²) in [5.74, 6) is 0. The van der Waals surface area contributed by atoms with Gasteiger partial charge in [-0.15, -0.1) is 6.58 Å². The number of rotatable bonds is 5. The van der Waals surface area contributed by atoms with E-state index in [1.54, 1.807) is 0 Å². The number of hydrogen-bond donors (Lipinski definition) is 1. The Kier molecular flexibility index (Phi) is 4.97. The largest absolute Gasteiger partial charge is 0.320 e. The van der Waals surface area contributed by atoms with Crippen LogP contribution in [0.15, 0.2) is 42.5 Å². The standard InChI is InChI=1S/C17H27N3/c1-15(2)13-17(18,16-7-5-4-6-8-16)14-20-11-9-19(3)10-12-20/h4-8H,1,9-14,18H2,2-3H3. The lowest BCUT2D eigenvalue weighted by Gasteiger charge is -2.39. The third-order valence-corrected chi connectivity index (χ3v) is 4.07. The predicted octanol–water partition coefficient (Wildman–Crippen LogP) is 2.05. The maximum Gasteiger partial charge on any atom is 0.0575 e. The van der Waals surface area contributed by atoms with Crippen LogP contribution in [0.5, 0.6) is 0 Å². The Bertz CT molecular complexity index is 435. The van der Waals surface area contributed by atoms with Crippen molar-refractivity contribution in [1.82, 2.24) is 9.80 Å². The predicted molar refractivity (Wildman–Crippen MR) is 85.7 cm³/mol. The van der Waals surface area contributed by atoms with Crippen molar-refractivity contribution in [1.29, 1.82) is 0 Å². The summed E-state index contributed by atoms with van der Waals surface area (Å²) >= 11 is 0. The zero-order chi connectivity index (χ0) is 14.6. The molecule has 1 aromatic rings. The van der Waals surface area contributed by atoms with Crippen LogP contribution in [0.25, 0.3) is 0 Å². The zero-order valence-electron chi connectivity index (χ0n) is 12.8. The van der Waals surface area contributed by atoms with E-state index >= 15 is 0 Å². The molecule has 0 saturated carbocycles. The summed E-state index contributed by atoms with van der Waals surface area (Å²) in [7, 11) is 2.18. The second-order valence-corrected chi connectivity index (χ2v) is 6.24. The number of nitrogens with two attached hydrogens (primary N) is 1. The Labute approximate surface area is 123 Å². The van der Waals surface area contributed by atoms with Gasteiger partial charge in [0, 0.05) is 32.7 Å². The highest BCUT2D eigenvalue weighted by molar-refractivity contribution is 5.26. The summed E-state index contributed by atoms with van der Waals surface area (Å²) in [4.78, 5) is 4.85. The van der Waals surface area contributed by atoms with E-state index in [1.165, 1.54) is 5.56 Å². The van der Waals surface area contributed by atoms with Crippen molar-refractivity contribution in [2.45, 2.75) is 18.9 Å². The van der Waals surface area contributed by atoms with Gasteiger partial charge in [0.2, 0.25) is 0 Å². The van der Waals surface area contributed by atoms with Gasteiger partial charge in [0.1, 0.15) is 0 Å². The molecule has 1 fully saturated rings. The molecule has 1 saturated heterocycles. The number of piperazine rings is 1. The molecule has 0 aromatic heterocycles. The molecule has 0 spiro atoms. The van der Waals surface area contributed by atoms with Gasteiger partial charge in [0.15, 0.2) is 0 Å². The van der Waals surface area contributed by atoms with Crippen molar-refractivity contribution in [2.75, 3.05) is 39.8 Å². The van der Waals surface area contributed by atoms with Crippen molar-refractivity contribution >= 4 is 0 Å². The van der Waals surface area contributed by atoms with E-state index in [2.05, 4.69) is 54.6 Å². The highest BCUT2D eigenvalue weighted by Crippen LogP contribution is 2.27. The van der Waals surface area contributed by atoms with Crippen LogP contribution < -0.4 is 5.73 Å². The van der Waals surface area contributed by atoms with Gasteiger partial charge in [0.25, 0.3) is 0 Å². The Morgan fingerprint density at radius 1 is 1.20 bits per heavy atom. The van der Waals surface area contributed by atoms with E-state index in [-0.39, 0.29) is 5.54 Å². The Hall–Kier alpha value is -1.16. The highest BCUT2D eigenvalue weighted by atomic mass is 15.3. The average Bonchev–Trinajstić information content (AvgIpc) is 2.42. The van der Waals surface area contributed by atoms with Crippen molar-refractivity contribution in [3.05, 3.63) is 48.0 Å². The van der Waals surface area contributed by atoms with Gasteiger partial charge in [0.05, 0.1) is 5.54 Å². The number of hydrogen-bond acceptors (Lipinski definition) is 3. The van der Waals surface area contributed by atoms with Crippen molar-refractivity contribution < 1.29 is 0 Å². The molecule has 0 bridgehead atoms. The monoisotopic (exact) mass is 273 g/mol. The molecule has 3 nitrogen and oxygen atoms in total. The lowest BCUT2D eigenvalue weighted by Crippen LogP contribution is -2.53. The third-order valence-electron chi connectivity index (χ3n) is 4.07. The van der Waals surface area contributed by atoms with Gasteiger partial charge in [-0.3, -0.25) is 4.90 Å². The smallest absolute Gasteiger partial charge is 0.0575 e. The number of likely N-dealkylation sites (N-methyl/N-ethyl adjacent to an activating group) is 1. The molecule has 1 aliphatic rings. The molecule has 3 heteroatoms. The zero-order valence-corrected chi connectivity index (χ0v) is 12.8. The first kappa shape index (κ1) is 15.2. The average molecular weight is 273 g/mol. The first-order valence-electron chi connectivity index (χ1n) is 7.39. The van der Waals surface area contributed by atoms with E-state index in [1.807, 2.05) is 6.07 Å². The van der Waals surface area contributed by atoms with E-state index in [9.17, 15) is 0 Å². The second-order valence-electron chi connectivity index (χ2n) is 6.24. The van der Waals surface area contributed by atoms with Crippen LogP contribution in [-0.2, 0) is 5.54 Å². The normalized spacial score (nSPS) is 20.6. The molecule has 0 radical (unpaired) electrons. The van der Waals surface area contributed by atoms with Gasteiger partial charge in [-0.1, -0.05) is 35.9 Å². The quantitative estimate of drug-likeness (QED) is 0.834. The topological polar surface area (TPSA) is 32.5 Å². The Morgan fingerprint density at radius 3 is 2.35 bits per heavy atom.